The van der Waals surface area contributed by atoms with Gasteiger partial charge in [-0.05, 0) is 46.0 Å². The summed E-state index contributed by atoms with van der Waals surface area (Å²) in [5.74, 6) is -0.794. The summed E-state index contributed by atoms with van der Waals surface area (Å²) in [7, 11) is 0. The summed E-state index contributed by atoms with van der Waals surface area (Å²) >= 11 is 0. The molecule has 21 heavy (non-hydrogen) atoms. The Labute approximate surface area is 124 Å². The number of nitrogens with one attached hydrogen (secondary N) is 1. The molecule has 1 heterocycles. The van der Waals surface area contributed by atoms with Crippen molar-refractivity contribution in [3.05, 3.63) is 0 Å². The molecule has 1 aliphatic heterocycles. The van der Waals surface area contributed by atoms with Gasteiger partial charge in [-0.25, -0.2) is 4.79 Å². The van der Waals surface area contributed by atoms with Crippen LogP contribution in [-0.4, -0.2) is 47.0 Å². The Morgan fingerprint density at radius 2 is 1.95 bits per heavy atom. The average molecular weight is 297 g/mol. The molecule has 1 saturated carbocycles. The second kappa shape index (κ2) is 5.54. The van der Waals surface area contributed by atoms with E-state index >= 15 is 0 Å². The van der Waals surface area contributed by atoms with Crippen molar-refractivity contribution in [2.24, 2.45) is 11.7 Å². The number of fused-ring (bicyclic) bond motifs is 2. The fourth-order valence-corrected chi connectivity index (χ4v) is 3.18. The Balaban J connectivity index is 2.08. The Bertz CT molecular complexity index is 458. The predicted octanol–water partition coefficient (Wildman–Crippen LogP) is 0.376. The molecule has 1 aliphatic carbocycles. The van der Waals surface area contributed by atoms with Gasteiger partial charge in [0.25, 0.3) is 0 Å². The molecule has 0 spiro atoms. The van der Waals surface area contributed by atoms with Gasteiger partial charge in [-0.3, -0.25) is 14.5 Å². The van der Waals surface area contributed by atoms with E-state index in [1.807, 2.05) is 0 Å². The van der Waals surface area contributed by atoms with E-state index in [2.05, 4.69) is 5.32 Å². The Kier molecular flexibility index (Phi) is 4.11. The molecule has 3 N–H and O–H groups in total. The lowest BCUT2D eigenvalue weighted by Crippen LogP contribution is -2.54. The van der Waals surface area contributed by atoms with E-state index in [-0.39, 0.29) is 24.4 Å². The van der Waals surface area contributed by atoms with Crippen molar-refractivity contribution in [2.75, 3.05) is 6.54 Å². The molecule has 2 aliphatic rings. The minimum Gasteiger partial charge on any atom is -0.444 e. The summed E-state index contributed by atoms with van der Waals surface area (Å²) < 4.78 is 5.40. The molecule has 0 radical (unpaired) electrons. The minimum atomic E-state index is -0.604. The molecule has 2 rings (SSSR count). The number of rotatable bonds is 3. The fourth-order valence-electron chi connectivity index (χ4n) is 3.18. The first kappa shape index (κ1) is 15.6. The summed E-state index contributed by atoms with van der Waals surface area (Å²) in [6.45, 7) is 5.17. The predicted molar refractivity (Wildman–Crippen MR) is 75.2 cm³/mol. The number of nitrogens with zero attached hydrogens (tertiary/aromatic N) is 1. The van der Waals surface area contributed by atoms with Crippen LogP contribution < -0.4 is 11.1 Å². The van der Waals surface area contributed by atoms with Crippen LogP contribution in [0.3, 0.4) is 0 Å². The number of carbonyl (C=O) groups is 3. The van der Waals surface area contributed by atoms with Crippen LogP contribution in [0.25, 0.3) is 0 Å². The van der Waals surface area contributed by atoms with Crippen molar-refractivity contribution >= 4 is 17.9 Å². The molecule has 1 unspecified atom stereocenters. The molecule has 0 aromatic heterocycles. The Morgan fingerprint density at radius 3 is 2.52 bits per heavy atom. The van der Waals surface area contributed by atoms with E-state index < -0.39 is 23.6 Å². The van der Waals surface area contributed by atoms with Crippen LogP contribution >= 0.6 is 0 Å². The van der Waals surface area contributed by atoms with Gasteiger partial charge in [-0.15, -0.1) is 0 Å². The highest BCUT2D eigenvalue weighted by Gasteiger charge is 2.52. The van der Waals surface area contributed by atoms with E-state index in [0.717, 1.165) is 19.3 Å². The molecule has 0 aromatic carbocycles. The van der Waals surface area contributed by atoms with E-state index in [0.29, 0.717) is 0 Å². The molecule has 2 bridgehead atoms. The van der Waals surface area contributed by atoms with Gasteiger partial charge >= 0.3 is 6.09 Å². The van der Waals surface area contributed by atoms with E-state index in [9.17, 15) is 14.4 Å². The number of primary amides is 1. The Hall–Kier alpha value is -1.79. The number of likely N-dealkylation sites (tertiary alicyclic amines) is 1. The van der Waals surface area contributed by atoms with Crippen molar-refractivity contribution in [1.82, 2.24) is 10.2 Å². The second-order valence-corrected chi connectivity index (χ2v) is 6.74. The zero-order valence-corrected chi connectivity index (χ0v) is 12.7. The van der Waals surface area contributed by atoms with E-state index in [4.69, 9.17) is 10.5 Å². The molecule has 3 amide bonds. The van der Waals surface area contributed by atoms with Crippen molar-refractivity contribution in [3.8, 4) is 0 Å². The minimum absolute atomic E-state index is 0.0502. The number of ether oxygens (including phenoxy) is 1. The zero-order chi connectivity index (χ0) is 15.8. The van der Waals surface area contributed by atoms with Gasteiger partial charge in [-0.1, -0.05) is 0 Å². The molecular weight excluding hydrogens is 274 g/mol. The van der Waals surface area contributed by atoms with Crippen LogP contribution in [0.15, 0.2) is 0 Å². The lowest BCUT2D eigenvalue weighted by Gasteiger charge is -2.35. The van der Waals surface area contributed by atoms with Crippen LogP contribution in [0, 0.1) is 5.92 Å². The van der Waals surface area contributed by atoms with Crippen molar-refractivity contribution in [3.63, 3.8) is 0 Å². The number of carbonyl (C=O) groups excluding carboxylic acids is 3. The largest absolute Gasteiger partial charge is 0.444 e. The molecular formula is C14H23N3O4. The smallest absolute Gasteiger partial charge is 0.411 e. The number of hydrogen-bond acceptors (Lipinski definition) is 4. The molecule has 118 valence electrons. The first-order chi connectivity index (χ1) is 9.69. The highest BCUT2D eigenvalue weighted by molar-refractivity contribution is 5.90. The van der Waals surface area contributed by atoms with Gasteiger partial charge in [-0.2, -0.15) is 0 Å². The number of amides is 3. The number of piperidine rings is 1. The first-order valence-corrected chi connectivity index (χ1v) is 7.26. The van der Waals surface area contributed by atoms with Gasteiger partial charge in [0.1, 0.15) is 11.6 Å². The van der Waals surface area contributed by atoms with Crippen LogP contribution in [-0.2, 0) is 14.3 Å². The van der Waals surface area contributed by atoms with Crippen molar-refractivity contribution in [1.29, 1.82) is 0 Å². The van der Waals surface area contributed by atoms with Gasteiger partial charge < -0.3 is 15.8 Å². The monoisotopic (exact) mass is 297 g/mol. The highest BCUT2D eigenvalue weighted by atomic mass is 16.6. The van der Waals surface area contributed by atoms with E-state index in [1.54, 1.807) is 20.8 Å². The maximum atomic E-state index is 12.3. The summed E-state index contributed by atoms with van der Waals surface area (Å²) in [6, 6.07) is -0.507. The third kappa shape index (κ3) is 3.46. The SMILES string of the molecule is CC(C)(C)OC(=O)N1C2CC[C@@H](C2)[C@H]1C(=O)NCC(N)=O. The first-order valence-electron chi connectivity index (χ1n) is 7.26. The maximum Gasteiger partial charge on any atom is 0.411 e. The van der Waals surface area contributed by atoms with Gasteiger partial charge in [0.15, 0.2) is 0 Å². The Morgan fingerprint density at radius 1 is 1.29 bits per heavy atom. The van der Waals surface area contributed by atoms with Gasteiger partial charge in [0.05, 0.1) is 6.54 Å². The highest BCUT2D eigenvalue weighted by Crippen LogP contribution is 2.43. The molecule has 2 fully saturated rings. The summed E-state index contributed by atoms with van der Waals surface area (Å²) in [6.07, 6.45) is 2.16. The topological polar surface area (TPSA) is 102 Å². The summed E-state index contributed by atoms with van der Waals surface area (Å²) in [4.78, 5) is 36.9. The van der Waals surface area contributed by atoms with Crippen molar-refractivity contribution in [2.45, 2.75) is 57.7 Å². The van der Waals surface area contributed by atoms with Crippen molar-refractivity contribution < 1.29 is 19.1 Å². The van der Waals surface area contributed by atoms with Gasteiger partial charge in [0.2, 0.25) is 11.8 Å². The van der Waals surface area contributed by atoms with Crippen LogP contribution in [0.4, 0.5) is 4.79 Å². The van der Waals surface area contributed by atoms with E-state index in [1.165, 1.54) is 4.90 Å². The molecule has 3 atom stereocenters. The normalized spacial score (nSPS) is 27.6. The third-order valence-electron chi connectivity index (χ3n) is 3.89. The van der Waals surface area contributed by atoms with Crippen LogP contribution in [0.1, 0.15) is 40.0 Å². The maximum absolute atomic E-state index is 12.3. The third-order valence-corrected chi connectivity index (χ3v) is 3.89. The molecule has 7 heteroatoms. The standard InChI is InChI=1S/C14H23N3O4/c1-14(2,3)21-13(20)17-9-5-4-8(6-9)11(17)12(19)16-7-10(15)18/h8-9,11H,4-7H2,1-3H3,(H2,15,18)(H,16,19)/t8-,9?,11-/m0/s1. The lowest BCUT2D eigenvalue weighted by atomic mass is 9.98. The number of nitrogens with two attached hydrogens (primary N) is 1. The number of hydrogen-bond donors (Lipinski definition) is 2. The average Bonchev–Trinajstić information content (AvgIpc) is 2.93. The molecule has 1 saturated heterocycles. The molecule has 0 aromatic rings. The second-order valence-electron chi connectivity index (χ2n) is 6.74. The zero-order valence-electron chi connectivity index (χ0n) is 12.7. The lowest BCUT2D eigenvalue weighted by molar-refractivity contribution is -0.130. The van der Waals surface area contributed by atoms with Gasteiger partial charge in [0, 0.05) is 6.04 Å². The molecule has 7 nitrogen and oxygen atoms in total. The fraction of sp³-hybridized carbons (Fsp3) is 0.786. The quantitative estimate of drug-likeness (QED) is 0.786. The summed E-state index contributed by atoms with van der Waals surface area (Å²) in [5.41, 5.74) is 4.43. The van der Waals surface area contributed by atoms with Crippen LogP contribution in [0.2, 0.25) is 0 Å². The summed E-state index contributed by atoms with van der Waals surface area (Å²) in [5, 5.41) is 2.49. The van der Waals surface area contributed by atoms with Crippen LogP contribution in [0.5, 0.6) is 0 Å².